The summed E-state index contributed by atoms with van der Waals surface area (Å²) in [5.41, 5.74) is 13.7. The molecule has 0 aromatic carbocycles. The van der Waals surface area contributed by atoms with Crippen molar-refractivity contribution in [1.29, 1.82) is 0 Å². The summed E-state index contributed by atoms with van der Waals surface area (Å²) >= 11 is 0. The predicted octanol–water partition coefficient (Wildman–Crippen LogP) is 23.1. The molecule has 0 saturated carbocycles. The number of fused-ring (bicyclic) bond motifs is 10. The molecule has 0 amide bonds. The first-order chi connectivity index (χ1) is 73.2. The van der Waals surface area contributed by atoms with Crippen molar-refractivity contribution in [1.82, 2.24) is 196 Å². The molecule has 0 aliphatic heterocycles. The van der Waals surface area contributed by atoms with E-state index < -0.39 is 0 Å². The van der Waals surface area contributed by atoms with E-state index in [0.717, 1.165) is 105 Å². The van der Waals surface area contributed by atoms with Gasteiger partial charge in [0.2, 0.25) is 0 Å². The van der Waals surface area contributed by atoms with E-state index in [-0.39, 0.29) is 0 Å². The summed E-state index contributed by atoms with van der Waals surface area (Å²) in [6, 6.07) is 63.7. The number of H-pyrrole nitrogens is 15. The maximum Gasteiger partial charge on any atom is 0.159 e. The van der Waals surface area contributed by atoms with E-state index in [4.69, 9.17) is 0 Å². The summed E-state index contributed by atoms with van der Waals surface area (Å²) < 4.78 is 0. The first-order valence-corrected chi connectivity index (χ1v) is 46.3. The molecule has 746 valence electrons. The molecule has 0 aliphatic rings. The molecule has 29 aromatic rings. The van der Waals surface area contributed by atoms with Crippen LogP contribution in [0, 0.1) is 0 Å². The fraction of sp³-hybridized carbons (Fsp3) is 0.0741. The van der Waals surface area contributed by atoms with Crippen LogP contribution >= 0.6 is 0 Å². The van der Waals surface area contributed by atoms with Gasteiger partial charge >= 0.3 is 0 Å². The van der Waals surface area contributed by atoms with Gasteiger partial charge in [-0.1, -0.05) is 61.5 Å². The van der Waals surface area contributed by atoms with Gasteiger partial charge < -0.3 is 69.8 Å². The highest BCUT2D eigenvalue weighted by atomic mass is 15.1. The maximum absolute atomic E-state index is 4.11. The maximum atomic E-state index is 4.11. The summed E-state index contributed by atoms with van der Waals surface area (Å²) in [6.07, 6.45) is 82.8. The highest BCUT2D eigenvalue weighted by molar-refractivity contribution is 5.80. The van der Waals surface area contributed by atoms with Crippen LogP contribution in [0.5, 0.6) is 0 Å². The number of nitrogens with zero attached hydrogens (tertiary/aromatic N) is 24. The molecular formula is C108H119N39. The third kappa shape index (κ3) is 48.4. The lowest BCUT2D eigenvalue weighted by molar-refractivity contribution is 1.03. The molecule has 39 heteroatoms. The molecule has 29 aromatic heterocycles. The number of aromatic amines is 15. The van der Waals surface area contributed by atoms with Gasteiger partial charge in [-0.3, -0.25) is 40.0 Å². The Morgan fingerprint density at radius 3 is 1.08 bits per heavy atom. The Morgan fingerprint density at radius 2 is 0.578 bits per heavy atom. The van der Waals surface area contributed by atoms with Crippen molar-refractivity contribution < 1.29 is 0 Å². The van der Waals surface area contributed by atoms with E-state index in [0.29, 0.717) is 0 Å². The molecule has 0 saturated heterocycles. The predicted molar refractivity (Wildman–Crippen MR) is 585 cm³/mol. The molecule has 0 aliphatic carbocycles. The summed E-state index contributed by atoms with van der Waals surface area (Å²) in [6.45, 7) is 16.0. The SMILES string of the molecule is CC.CC.CC.CC.c1cc2[nH]ccc2cn1.c1cc2[nH]ccc2nn1.c1cc2cc[nH]c2cn1.c1cc2cc[nH]c2nn1.c1cc2cnncc2[nH]1.c1cc[nH]c1.c1cc[nH]c1.c1cc[nH]c1.c1cc[nH]c1.c1ccncc1.c1ccnnc1.c1cn[nH]c1.c1cnc2[nH]ccc2c1.c1cnc2[nH]ccc2n1.c1cnc2cc[nH]c2c1.c1cnccn1.c1cncnc1.c1ncc2[nH]ccc2n1.c1ncc2cc[nH]c2n1. The Hall–Kier alpha value is -20.8. The summed E-state index contributed by atoms with van der Waals surface area (Å²) in [5, 5.41) is 42.6. The van der Waals surface area contributed by atoms with Gasteiger partial charge in [-0.15, -0.1) is 10.2 Å². The summed E-state index contributed by atoms with van der Waals surface area (Å²) in [7, 11) is 0. The van der Waals surface area contributed by atoms with Crippen molar-refractivity contribution in [3.8, 4) is 0 Å². The minimum Gasteiger partial charge on any atom is -0.368 e. The lowest BCUT2D eigenvalue weighted by Gasteiger charge is -1.82. The second-order valence-electron chi connectivity index (χ2n) is 26.6. The van der Waals surface area contributed by atoms with E-state index in [1.54, 1.807) is 155 Å². The van der Waals surface area contributed by atoms with Gasteiger partial charge in [0.25, 0.3) is 0 Å². The molecule has 0 fully saturated rings. The molecule has 0 atom stereocenters. The van der Waals surface area contributed by atoms with Crippen molar-refractivity contribution in [2.75, 3.05) is 0 Å². The van der Waals surface area contributed by atoms with Crippen molar-refractivity contribution in [2.45, 2.75) is 55.4 Å². The summed E-state index contributed by atoms with van der Waals surface area (Å²) in [4.78, 5) is 100.0. The molecule has 15 N–H and O–H groups in total. The average Bonchev–Trinajstić information content (AvgIpc) is 1.81. The lowest BCUT2D eigenvalue weighted by Crippen LogP contribution is -1.77. The van der Waals surface area contributed by atoms with Gasteiger partial charge in [0, 0.05) is 273 Å². The first-order valence-electron chi connectivity index (χ1n) is 46.3. The number of aromatic nitrogens is 39. The third-order valence-corrected chi connectivity index (χ3v) is 17.1. The summed E-state index contributed by atoms with van der Waals surface area (Å²) in [5.74, 6) is 0. The number of pyridine rings is 5. The van der Waals surface area contributed by atoms with Crippen molar-refractivity contribution >= 4 is 110 Å². The highest BCUT2D eigenvalue weighted by Gasteiger charge is 1.97. The number of hydrogen-bond donors (Lipinski definition) is 15. The van der Waals surface area contributed by atoms with Crippen LogP contribution in [0.3, 0.4) is 0 Å². The smallest absolute Gasteiger partial charge is 0.159 e. The van der Waals surface area contributed by atoms with Crippen LogP contribution in [0.25, 0.3) is 110 Å². The fourth-order valence-corrected chi connectivity index (χ4v) is 10.7. The van der Waals surface area contributed by atoms with Gasteiger partial charge in [0.1, 0.15) is 41.3 Å². The molecular weight excluding hydrogens is 1840 g/mol. The van der Waals surface area contributed by atoms with Crippen LogP contribution in [0.4, 0.5) is 0 Å². The fourth-order valence-electron chi connectivity index (χ4n) is 10.7. The molecule has 0 radical (unpaired) electrons. The van der Waals surface area contributed by atoms with Crippen LogP contribution in [0.15, 0.2) is 492 Å². The van der Waals surface area contributed by atoms with Crippen LogP contribution in [0.2, 0.25) is 0 Å². The Kier molecular flexibility index (Phi) is 59.4. The molecule has 29 rings (SSSR count). The lowest BCUT2D eigenvalue weighted by atomic mass is 10.3. The zero-order valence-corrected chi connectivity index (χ0v) is 82.4. The largest absolute Gasteiger partial charge is 0.368 e. The Balaban J connectivity index is 0.000000210. The van der Waals surface area contributed by atoms with E-state index in [2.05, 4.69) is 196 Å². The third-order valence-electron chi connectivity index (χ3n) is 17.1. The normalized spacial score (nSPS) is 9.09. The minimum atomic E-state index is 0.845. The van der Waals surface area contributed by atoms with Crippen LogP contribution < -0.4 is 0 Å². The van der Waals surface area contributed by atoms with Crippen molar-refractivity contribution in [2.24, 2.45) is 0 Å². The standard InChI is InChI=1S/4C7H6N2.6C6H5N3.C5H5N.3C4H4N2.4C4H5N.C3H4N2.4C2H6/c1-4-9-7-2-3-8-5-6(1)7;1-3-8-5-7-6(1)2-4-9-7;1-2-6-7(8-4-1)3-5-9-6;1-2-6-3-5-9-7(6)8-4-1;1-3-7-5-2-4-8-9-6(1)5;1-3-7-6-5(1)2-4-8-9-6;1-2-8-6-3-7-4-9-5(1)6;1-2-8-6-5(1)3-7-4-9-6;1-2-7-6-4-9-8-3-5(1)6;1-2-8-6-5(1)7-3-4-9-6;1-2-4-6-5-3-1;1-2-6-4-3-5-1;1-2-5-4-6-3-1;1-2-4-6-5-3-1;5*1-2-4-5-3-1;4*1-2/h3*1-5,9H;1-5H,(H,8,9);1-4,7H;1-4H,(H,7,9);1-4,8H;1-4H,(H,7,8,9);1-4,7H;1-4H,(H,8,9);1-5H;3*1-4H;4*1-5H;1-3H,(H,4,5);4*1-2H3. The second kappa shape index (κ2) is 77.2. The molecule has 0 spiro atoms. The van der Waals surface area contributed by atoms with E-state index in [1.807, 2.05) is 373 Å². The molecule has 39 nitrogen and oxygen atoms in total. The average molecular weight is 1960 g/mol. The molecule has 0 unspecified atom stereocenters. The van der Waals surface area contributed by atoms with Crippen LogP contribution in [0.1, 0.15) is 55.4 Å². The topological polar surface area (TPSA) is 546 Å². The first kappa shape index (κ1) is 113. The molecule has 147 heavy (non-hydrogen) atoms. The zero-order chi connectivity index (χ0) is 104. The quantitative estimate of drug-likeness (QED) is 0.0670. The van der Waals surface area contributed by atoms with Crippen molar-refractivity contribution in [3.63, 3.8) is 0 Å². The van der Waals surface area contributed by atoms with Crippen LogP contribution in [-0.4, -0.2) is 196 Å². The Bertz CT molecular complexity index is 5850. The zero-order valence-electron chi connectivity index (χ0n) is 82.4. The Labute approximate surface area is 848 Å². The number of rotatable bonds is 0. The molecule has 29 heterocycles. The minimum absolute atomic E-state index is 0.845. The van der Waals surface area contributed by atoms with Crippen molar-refractivity contribution in [3.05, 3.63) is 492 Å². The number of nitrogens with one attached hydrogen (secondary N) is 15. The van der Waals surface area contributed by atoms with Gasteiger partial charge in [-0.25, -0.2) is 39.9 Å². The number of hydrogen-bond acceptors (Lipinski definition) is 24. The highest BCUT2D eigenvalue weighted by Crippen LogP contribution is 2.13. The van der Waals surface area contributed by atoms with Gasteiger partial charge in [0.05, 0.1) is 75.8 Å². The van der Waals surface area contributed by atoms with E-state index in [1.165, 1.54) is 24.4 Å². The second-order valence-corrected chi connectivity index (χ2v) is 26.6. The van der Waals surface area contributed by atoms with Crippen LogP contribution in [-0.2, 0) is 0 Å². The van der Waals surface area contributed by atoms with Gasteiger partial charge in [0.15, 0.2) is 11.3 Å². The van der Waals surface area contributed by atoms with Gasteiger partial charge in [-0.2, -0.15) is 35.7 Å². The van der Waals surface area contributed by atoms with E-state index >= 15 is 0 Å². The van der Waals surface area contributed by atoms with Gasteiger partial charge in [-0.05, 0) is 194 Å². The Morgan fingerprint density at radius 1 is 0.163 bits per heavy atom. The van der Waals surface area contributed by atoms with E-state index in [9.17, 15) is 0 Å². The molecule has 0 bridgehead atoms. The monoisotopic (exact) mass is 1960 g/mol.